The topological polar surface area (TPSA) is 94.1 Å². The Morgan fingerprint density at radius 1 is 1.19 bits per heavy atom. The minimum absolute atomic E-state index is 0.0816. The number of amides is 1. The molecule has 0 bridgehead atoms. The van der Waals surface area contributed by atoms with Gasteiger partial charge in [0.05, 0.1) is 23.1 Å². The van der Waals surface area contributed by atoms with Crippen LogP contribution in [0.3, 0.4) is 0 Å². The average Bonchev–Trinajstić information content (AvgIpc) is 3.32. The molecule has 0 aliphatic carbocycles. The van der Waals surface area contributed by atoms with E-state index in [1.807, 2.05) is 6.07 Å². The summed E-state index contributed by atoms with van der Waals surface area (Å²) in [7, 11) is 0. The van der Waals surface area contributed by atoms with Crippen LogP contribution in [-0.2, 0) is 11.3 Å². The number of carbonyl (C=O) groups is 1. The SMILES string of the molecule is O=C(Cn1cnc2ccccc2c1=O)N1CCCC(c2nc(-c3cccc(F)c3)no2)C1. The molecule has 1 atom stereocenters. The Labute approximate surface area is 182 Å². The standard InChI is InChI=1S/C23H20FN5O3/c24-17-7-3-5-15(11-17)21-26-22(32-27-21)16-6-4-10-28(12-16)20(30)13-29-14-25-19-9-2-1-8-18(19)23(29)31/h1-3,5,7-9,11,14,16H,4,6,10,12-13H2. The van der Waals surface area contributed by atoms with Gasteiger partial charge in [0, 0.05) is 18.7 Å². The van der Waals surface area contributed by atoms with Gasteiger partial charge in [-0.05, 0) is 37.1 Å². The fraction of sp³-hybridized carbons (Fsp3) is 0.261. The number of fused-ring (bicyclic) bond motifs is 1. The van der Waals surface area contributed by atoms with Crippen LogP contribution in [0.15, 0.2) is 64.2 Å². The van der Waals surface area contributed by atoms with Crippen LogP contribution in [0.2, 0.25) is 0 Å². The molecule has 0 saturated carbocycles. The summed E-state index contributed by atoms with van der Waals surface area (Å²) in [5.74, 6) is 0.0810. The largest absolute Gasteiger partial charge is 0.340 e. The first kappa shape index (κ1) is 20.0. The lowest BCUT2D eigenvalue weighted by molar-refractivity contribution is -0.133. The summed E-state index contributed by atoms with van der Waals surface area (Å²) in [5.41, 5.74) is 0.894. The quantitative estimate of drug-likeness (QED) is 0.491. The molecule has 0 N–H and O–H groups in total. The third-order valence-corrected chi connectivity index (χ3v) is 5.69. The van der Waals surface area contributed by atoms with E-state index >= 15 is 0 Å². The van der Waals surface area contributed by atoms with E-state index in [2.05, 4.69) is 15.1 Å². The summed E-state index contributed by atoms with van der Waals surface area (Å²) in [6, 6.07) is 13.1. The number of benzene rings is 2. The van der Waals surface area contributed by atoms with Gasteiger partial charge in [0.1, 0.15) is 12.4 Å². The van der Waals surface area contributed by atoms with Gasteiger partial charge in [-0.25, -0.2) is 9.37 Å². The van der Waals surface area contributed by atoms with Crippen LogP contribution >= 0.6 is 0 Å². The fourth-order valence-corrected chi connectivity index (χ4v) is 4.02. The van der Waals surface area contributed by atoms with Crippen LogP contribution in [-0.4, -0.2) is 43.6 Å². The Hall–Kier alpha value is -3.88. The van der Waals surface area contributed by atoms with Crippen molar-refractivity contribution in [1.82, 2.24) is 24.6 Å². The Kier molecular flexibility index (Phi) is 5.22. The number of aromatic nitrogens is 4. The van der Waals surface area contributed by atoms with Gasteiger partial charge in [-0.15, -0.1) is 0 Å². The summed E-state index contributed by atoms with van der Waals surface area (Å²) in [4.78, 5) is 36.0. The van der Waals surface area contributed by atoms with Crippen LogP contribution in [0.5, 0.6) is 0 Å². The van der Waals surface area contributed by atoms with Crippen LogP contribution in [0.1, 0.15) is 24.7 Å². The van der Waals surface area contributed by atoms with Crippen LogP contribution in [0.4, 0.5) is 4.39 Å². The lowest BCUT2D eigenvalue weighted by Gasteiger charge is -2.31. The maximum Gasteiger partial charge on any atom is 0.261 e. The van der Waals surface area contributed by atoms with Crippen LogP contribution in [0.25, 0.3) is 22.3 Å². The minimum atomic E-state index is -0.373. The fourth-order valence-electron chi connectivity index (χ4n) is 4.02. The molecule has 2 aromatic carbocycles. The monoisotopic (exact) mass is 433 g/mol. The van der Waals surface area contributed by atoms with Crippen molar-refractivity contribution in [1.29, 1.82) is 0 Å². The first-order chi connectivity index (χ1) is 15.6. The van der Waals surface area contributed by atoms with Crippen molar-refractivity contribution in [3.05, 3.63) is 76.9 Å². The first-order valence-corrected chi connectivity index (χ1v) is 10.4. The van der Waals surface area contributed by atoms with E-state index in [0.29, 0.717) is 41.3 Å². The van der Waals surface area contributed by atoms with Crippen molar-refractivity contribution in [3.63, 3.8) is 0 Å². The predicted octanol–water partition coefficient (Wildman–Crippen LogP) is 2.99. The maximum absolute atomic E-state index is 13.5. The van der Waals surface area contributed by atoms with Gasteiger partial charge in [-0.2, -0.15) is 4.98 Å². The van der Waals surface area contributed by atoms with Gasteiger partial charge in [-0.3, -0.25) is 14.2 Å². The second-order valence-electron chi connectivity index (χ2n) is 7.84. The molecule has 1 saturated heterocycles. The molecule has 0 spiro atoms. The van der Waals surface area contributed by atoms with Gasteiger partial charge >= 0.3 is 0 Å². The molecular formula is C23H20FN5O3. The van der Waals surface area contributed by atoms with Gasteiger partial charge in [0.15, 0.2) is 0 Å². The number of piperidine rings is 1. The van der Waals surface area contributed by atoms with Crippen molar-refractivity contribution in [2.45, 2.75) is 25.3 Å². The Balaban J connectivity index is 1.31. The van der Waals surface area contributed by atoms with E-state index in [1.54, 1.807) is 35.2 Å². The highest BCUT2D eigenvalue weighted by Crippen LogP contribution is 2.28. The molecule has 1 aliphatic heterocycles. The van der Waals surface area contributed by atoms with Gasteiger partial charge in [0.2, 0.25) is 17.6 Å². The van der Waals surface area contributed by atoms with Crippen molar-refractivity contribution in [2.24, 2.45) is 0 Å². The molecule has 0 radical (unpaired) electrons. The molecule has 2 aromatic heterocycles. The van der Waals surface area contributed by atoms with Crippen molar-refractivity contribution in [3.8, 4) is 11.4 Å². The normalized spacial score (nSPS) is 16.4. The summed E-state index contributed by atoms with van der Waals surface area (Å²) < 4.78 is 20.3. The van der Waals surface area contributed by atoms with Crippen LogP contribution < -0.4 is 5.56 Å². The number of nitrogens with zero attached hydrogens (tertiary/aromatic N) is 5. The zero-order chi connectivity index (χ0) is 22.1. The molecule has 162 valence electrons. The Bertz CT molecular complexity index is 1350. The van der Waals surface area contributed by atoms with Crippen molar-refractivity contribution in [2.75, 3.05) is 13.1 Å². The van der Waals surface area contributed by atoms with E-state index < -0.39 is 0 Å². The number of halogens is 1. The van der Waals surface area contributed by atoms with Gasteiger partial charge < -0.3 is 9.42 Å². The van der Waals surface area contributed by atoms with Gasteiger partial charge in [0.25, 0.3) is 5.56 Å². The highest BCUT2D eigenvalue weighted by Gasteiger charge is 2.29. The van der Waals surface area contributed by atoms with E-state index in [0.717, 1.165) is 12.8 Å². The third kappa shape index (κ3) is 3.89. The molecule has 5 rings (SSSR count). The van der Waals surface area contributed by atoms with E-state index in [9.17, 15) is 14.0 Å². The predicted molar refractivity (Wildman–Crippen MR) is 114 cm³/mol. The smallest absolute Gasteiger partial charge is 0.261 e. The first-order valence-electron chi connectivity index (χ1n) is 10.4. The summed E-state index contributed by atoms with van der Waals surface area (Å²) in [5, 5.41) is 4.45. The molecule has 8 nitrogen and oxygen atoms in total. The molecule has 1 amide bonds. The molecule has 1 fully saturated rings. The lowest BCUT2D eigenvalue weighted by Crippen LogP contribution is -2.42. The van der Waals surface area contributed by atoms with Gasteiger partial charge in [-0.1, -0.05) is 29.4 Å². The maximum atomic E-state index is 13.5. The number of para-hydroxylation sites is 1. The Morgan fingerprint density at radius 2 is 2.06 bits per heavy atom. The number of hydrogen-bond donors (Lipinski definition) is 0. The van der Waals surface area contributed by atoms with Crippen molar-refractivity contribution >= 4 is 16.8 Å². The number of rotatable bonds is 4. The summed E-state index contributed by atoms with van der Waals surface area (Å²) in [6.45, 7) is 0.928. The molecule has 32 heavy (non-hydrogen) atoms. The molecule has 4 aromatic rings. The Morgan fingerprint density at radius 3 is 2.94 bits per heavy atom. The number of likely N-dealkylation sites (tertiary alicyclic amines) is 1. The zero-order valence-electron chi connectivity index (χ0n) is 17.1. The van der Waals surface area contributed by atoms with Crippen molar-refractivity contribution < 1.29 is 13.7 Å². The number of carbonyl (C=O) groups excluding carboxylic acids is 1. The third-order valence-electron chi connectivity index (χ3n) is 5.69. The molecule has 1 aliphatic rings. The highest BCUT2D eigenvalue weighted by molar-refractivity contribution is 5.79. The van der Waals surface area contributed by atoms with E-state index in [-0.39, 0.29) is 29.7 Å². The molecule has 1 unspecified atom stereocenters. The average molecular weight is 433 g/mol. The highest BCUT2D eigenvalue weighted by atomic mass is 19.1. The molecule has 9 heteroatoms. The van der Waals surface area contributed by atoms with E-state index in [4.69, 9.17) is 4.52 Å². The van der Waals surface area contributed by atoms with Crippen LogP contribution in [0, 0.1) is 5.82 Å². The second kappa shape index (κ2) is 8.33. The molecular weight excluding hydrogens is 413 g/mol. The summed E-state index contributed by atoms with van der Waals surface area (Å²) >= 11 is 0. The second-order valence-corrected chi connectivity index (χ2v) is 7.84. The minimum Gasteiger partial charge on any atom is -0.340 e. The number of hydrogen-bond acceptors (Lipinski definition) is 6. The summed E-state index contributed by atoms with van der Waals surface area (Å²) in [6.07, 6.45) is 2.98. The van der Waals surface area contributed by atoms with E-state index in [1.165, 1.54) is 23.0 Å². The lowest BCUT2D eigenvalue weighted by atomic mass is 9.98. The zero-order valence-corrected chi connectivity index (χ0v) is 17.1. The molecule has 3 heterocycles.